The molecule has 9 nitrogen and oxygen atoms in total. The third-order valence-corrected chi connectivity index (χ3v) is 4.94. The molecule has 2 saturated heterocycles. The Morgan fingerprint density at radius 2 is 1.83 bits per heavy atom. The number of ether oxygens (including phenoxy) is 3. The van der Waals surface area contributed by atoms with Crippen molar-refractivity contribution in [2.24, 2.45) is 0 Å². The first kappa shape index (κ1) is 21.1. The quantitative estimate of drug-likeness (QED) is 0.757. The Morgan fingerprint density at radius 1 is 1.10 bits per heavy atom. The van der Waals surface area contributed by atoms with Crippen molar-refractivity contribution < 1.29 is 23.8 Å². The summed E-state index contributed by atoms with van der Waals surface area (Å²) < 4.78 is 16.5. The Morgan fingerprint density at radius 3 is 2.55 bits per heavy atom. The molecule has 0 radical (unpaired) electrons. The molecule has 2 atom stereocenters. The number of hydrogen-bond donors (Lipinski definition) is 0. The van der Waals surface area contributed by atoms with Crippen LogP contribution in [0.3, 0.4) is 0 Å². The van der Waals surface area contributed by atoms with Crippen LogP contribution in [0.4, 0.5) is 4.79 Å². The third-order valence-electron chi connectivity index (χ3n) is 4.94. The van der Waals surface area contributed by atoms with Crippen molar-refractivity contribution in [2.45, 2.75) is 64.2 Å². The Balaban J connectivity index is 1.62. The summed E-state index contributed by atoms with van der Waals surface area (Å²) in [7, 11) is 1.52. The van der Waals surface area contributed by atoms with E-state index in [1.54, 1.807) is 9.80 Å². The lowest BCUT2D eigenvalue weighted by Gasteiger charge is -2.36. The Labute approximate surface area is 171 Å². The van der Waals surface area contributed by atoms with E-state index in [1.807, 2.05) is 20.8 Å². The van der Waals surface area contributed by atoms with Gasteiger partial charge in [0, 0.05) is 13.1 Å². The number of piperidine rings is 1. The first-order valence-corrected chi connectivity index (χ1v) is 10.1. The second-order valence-corrected chi connectivity index (χ2v) is 8.40. The minimum absolute atomic E-state index is 0.0432. The van der Waals surface area contributed by atoms with Gasteiger partial charge in [-0.1, -0.05) is 0 Å². The number of methoxy groups -OCH3 is 1. The number of carbonyl (C=O) groups is 2. The molecule has 2 fully saturated rings. The highest BCUT2D eigenvalue weighted by molar-refractivity contribution is 5.86. The zero-order valence-electron chi connectivity index (χ0n) is 17.6. The maximum atomic E-state index is 13.2. The van der Waals surface area contributed by atoms with Crippen LogP contribution >= 0.6 is 0 Å². The van der Waals surface area contributed by atoms with E-state index >= 15 is 0 Å². The third kappa shape index (κ3) is 5.48. The normalized spacial score (nSPS) is 22.3. The van der Waals surface area contributed by atoms with E-state index in [0.717, 1.165) is 19.3 Å². The minimum atomic E-state index is -0.588. The molecule has 3 heterocycles. The average molecular weight is 406 g/mol. The molecule has 1 aromatic heterocycles. The maximum absolute atomic E-state index is 13.2. The summed E-state index contributed by atoms with van der Waals surface area (Å²) in [6, 6.07) is -0.472. The number of amides is 2. The van der Waals surface area contributed by atoms with Crippen LogP contribution in [0.15, 0.2) is 12.4 Å². The SMILES string of the molecule is COc1cncc(OC2CCCN(C(=O)C3CCCN3C(=O)OC(C)(C)C)C2)n1. The molecular weight excluding hydrogens is 376 g/mol. The predicted molar refractivity (Wildman–Crippen MR) is 105 cm³/mol. The fourth-order valence-electron chi connectivity index (χ4n) is 3.66. The molecule has 0 bridgehead atoms. The van der Waals surface area contributed by atoms with Crippen molar-refractivity contribution in [3.05, 3.63) is 12.4 Å². The molecule has 2 amide bonds. The van der Waals surface area contributed by atoms with Crippen LogP contribution in [-0.2, 0) is 9.53 Å². The summed E-state index contributed by atoms with van der Waals surface area (Å²) in [5, 5.41) is 0. The largest absolute Gasteiger partial charge is 0.480 e. The van der Waals surface area contributed by atoms with Crippen molar-refractivity contribution in [3.63, 3.8) is 0 Å². The van der Waals surface area contributed by atoms with Gasteiger partial charge in [0.1, 0.15) is 17.7 Å². The van der Waals surface area contributed by atoms with Gasteiger partial charge in [-0.15, -0.1) is 0 Å². The zero-order chi connectivity index (χ0) is 21.0. The van der Waals surface area contributed by atoms with Crippen LogP contribution < -0.4 is 9.47 Å². The highest BCUT2D eigenvalue weighted by atomic mass is 16.6. The number of hydrogen-bond acceptors (Lipinski definition) is 7. The average Bonchev–Trinajstić information content (AvgIpc) is 3.16. The number of likely N-dealkylation sites (tertiary alicyclic amines) is 2. The molecule has 0 aliphatic carbocycles. The summed E-state index contributed by atoms with van der Waals surface area (Å²) in [5.41, 5.74) is -0.588. The lowest BCUT2D eigenvalue weighted by molar-refractivity contribution is -0.138. The topological polar surface area (TPSA) is 94.1 Å². The Hall–Kier alpha value is -2.58. The second-order valence-electron chi connectivity index (χ2n) is 8.40. The monoisotopic (exact) mass is 406 g/mol. The van der Waals surface area contributed by atoms with Gasteiger partial charge in [-0.05, 0) is 46.5 Å². The number of aromatic nitrogens is 2. The van der Waals surface area contributed by atoms with Crippen molar-refractivity contribution in [3.8, 4) is 11.8 Å². The van der Waals surface area contributed by atoms with Crippen LogP contribution in [-0.4, -0.2) is 76.3 Å². The smallest absolute Gasteiger partial charge is 0.410 e. The molecule has 2 aliphatic heterocycles. The molecule has 0 N–H and O–H groups in total. The van der Waals surface area contributed by atoms with Crippen molar-refractivity contribution in [1.82, 2.24) is 19.8 Å². The van der Waals surface area contributed by atoms with Gasteiger partial charge in [0.25, 0.3) is 0 Å². The maximum Gasteiger partial charge on any atom is 0.410 e. The van der Waals surface area contributed by atoms with Crippen LogP contribution in [0.1, 0.15) is 46.5 Å². The highest BCUT2D eigenvalue weighted by Crippen LogP contribution is 2.25. The standard InChI is InChI=1S/C20H30N4O5/c1-20(2,3)29-19(26)24-10-6-8-15(24)18(25)23-9-5-7-14(13-23)28-17-12-21-11-16(22-17)27-4/h11-12,14-15H,5-10,13H2,1-4H3. The van der Waals surface area contributed by atoms with E-state index in [-0.39, 0.29) is 12.0 Å². The summed E-state index contributed by atoms with van der Waals surface area (Å²) in [4.78, 5) is 37.3. The van der Waals surface area contributed by atoms with E-state index < -0.39 is 17.7 Å². The van der Waals surface area contributed by atoms with Crippen molar-refractivity contribution >= 4 is 12.0 Å². The van der Waals surface area contributed by atoms with Gasteiger partial charge in [-0.3, -0.25) is 14.7 Å². The van der Waals surface area contributed by atoms with Gasteiger partial charge in [0.15, 0.2) is 0 Å². The number of rotatable bonds is 4. The van der Waals surface area contributed by atoms with Gasteiger partial charge in [0.2, 0.25) is 17.7 Å². The van der Waals surface area contributed by atoms with Crippen LogP contribution in [0.5, 0.6) is 11.8 Å². The minimum Gasteiger partial charge on any atom is -0.480 e. The van der Waals surface area contributed by atoms with Crippen LogP contribution in [0.2, 0.25) is 0 Å². The molecule has 1 aromatic rings. The molecule has 160 valence electrons. The van der Waals surface area contributed by atoms with Gasteiger partial charge in [0.05, 0.1) is 26.0 Å². The van der Waals surface area contributed by atoms with E-state index in [9.17, 15) is 9.59 Å². The number of carbonyl (C=O) groups excluding carboxylic acids is 2. The summed E-state index contributed by atoms with van der Waals surface area (Å²) >= 11 is 0. The lowest BCUT2D eigenvalue weighted by Crippen LogP contribution is -2.53. The fraction of sp³-hybridized carbons (Fsp3) is 0.700. The van der Waals surface area contributed by atoms with Crippen molar-refractivity contribution in [2.75, 3.05) is 26.7 Å². The Bertz CT molecular complexity index is 736. The Kier molecular flexibility index (Phi) is 6.44. The summed E-state index contributed by atoms with van der Waals surface area (Å²) in [6.45, 7) is 7.12. The fourth-order valence-corrected chi connectivity index (χ4v) is 3.66. The van der Waals surface area contributed by atoms with Gasteiger partial charge < -0.3 is 19.1 Å². The van der Waals surface area contributed by atoms with Crippen LogP contribution in [0, 0.1) is 0 Å². The molecule has 0 aromatic carbocycles. The highest BCUT2D eigenvalue weighted by Gasteiger charge is 2.39. The first-order chi connectivity index (χ1) is 13.8. The molecule has 2 unspecified atom stereocenters. The predicted octanol–water partition coefficient (Wildman–Crippen LogP) is 2.25. The molecule has 3 rings (SSSR count). The van der Waals surface area contributed by atoms with E-state index in [4.69, 9.17) is 14.2 Å². The van der Waals surface area contributed by atoms with E-state index in [0.29, 0.717) is 37.8 Å². The molecule has 2 aliphatic rings. The summed E-state index contributed by atoms with van der Waals surface area (Å²) in [6.07, 6.45) is 5.54. The molecular formula is C20H30N4O5. The second kappa shape index (κ2) is 8.84. The summed E-state index contributed by atoms with van der Waals surface area (Å²) in [5.74, 6) is 0.712. The van der Waals surface area contributed by atoms with E-state index in [2.05, 4.69) is 9.97 Å². The lowest BCUT2D eigenvalue weighted by atomic mass is 10.1. The number of nitrogens with zero attached hydrogens (tertiary/aromatic N) is 4. The van der Waals surface area contributed by atoms with Gasteiger partial charge >= 0.3 is 6.09 Å². The molecule has 0 saturated carbocycles. The zero-order valence-corrected chi connectivity index (χ0v) is 17.6. The first-order valence-electron chi connectivity index (χ1n) is 10.1. The van der Waals surface area contributed by atoms with Gasteiger partial charge in [-0.2, -0.15) is 4.98 Å². The van der Waals surface area contributed by atoms with Crippen molar-refractivity contribution in [1.29, 1.82) is 0 Å². The molecule has 9 heteroatoms. The molecule has 29 heavy (non-hydrogen) atoms. The van der Waals surface area contributed by atoms with Crippen LogP contribution in [0.25, 0.3) is 0 Å². The van der Waals surface area contributed by atoms with Gasteiger partial charge in [-0.25, -0.2) is 4.79 Å². The van der Waals surface area contributed by atoms with E-state index in [1.165, 1.54) is 19.5 Å². The molecule has 0 spiro atoms.